The van der Waals surface area contributed by atoms with E-state index in [1.807, 2.05) is 0 Å². The number of hydrogen-bond acceptors (Lipinski definition) is 6. The number of nitrogens with zero attached hydrogens (tertiary/aromatic N) is 5. The molecular weight excluding hydrogens is 286 g/mol. The molecule has 0 aromatic carbocycles. The second-order valence-corrected chi connectivity index (χ2v) is 4.94. The van der Waals surface area contributed by atoms with Crippen molar-refractivity contribution < 1.29 is 14.3 Å². The molecule has 1 fully saturated rings. The van der Waals surface area contributed by atoms with Crippen LogP contribution in [0.5, 0.6) is 11.8 Å². The highest BCUT2D eigenvalue weighted by Crippen LogP contribution is 2.23. The van der Waals surface area contributed by atoms with Crippen molar-refractivity contribution in [2.24, 2.45) is 0 Å². The molecular formula is C14H17N5O3. The summed E-state index contributed by atoms with van der Waals surface area (Å²) in [4.78, 5) is 22.1. The fourth-order valence-corrected chi connectivity index (χ4v) is 2.37. The summed E-state index contributed by atoms with van der Waals surface area (Å²) in [5.41, 5.74) is 0. The highest BCUT2D eigenvalue weighted by molar-refractivity contribution is 5.76. The van der Waals surface area contributed by atoms with Gasteiger partial charge in [0.15, 0.2) is 0 Å². The Morgan fingerprint density at radius 3 is 2.86 bits per heavy atom. The maximum atomic E-state index is 12.2. The molecule has 8 nitrogen and oxygen atoms in total. The zero-order valence-electron chi connectivity index (χ0n) is 12.3. The molecule has 1 amide bonds. The molecule has 116 valence electrons. The highest BCUT2D eigenvalue weighted by atomic mass is 16.5. The third kappa shape index (κ3) is 3.16. The van der Waals surface area contributed by atoms with Gasteiger partial charge in [0.1, 0.15) is 12.6 Å². The molecule has 3 heterocycles. The van der Waals surface area contributed by atoms with Crippen LogP contribution >= 0.6 is 0 Å². The quantitative estimate of drug-likeness (QED) is 0.793. The summed E-state index contributed by atoms with van der Waals surface area (Å²) in [6, 6.07) is 1.80. The van der Waals surface area contributed by atoms with Crippen molar-refractivity contribution in [3.8, 4) is 11.8 Å². The van der Waals surface area contributed by atoms with Gasteiger partial charge in [0.25, 0.3) is 11.8 Å². The number of likely N-dealkylation sites (tertiary alicyclic amines) is 1. The van der Waals surface area contributed by atoms with E-state index in [9.17, 15) is 4.79 Å². The Morgan fingerprint density at radius 2 is 2.14 bits per heavy atom. The Hall–Kier alpha value is -2.64. The number of rotatable bonds is 5. The van der Waals surface area contributed by atoms with Crippen LogP contribution in [0.3, 0.4) is 0 Å². The number of carbonyl (C=O) groups is 1. The monoisotopic (exact) mass is 303 g/mol. The molecule has 1 aliphatic rings. The predicted molar refractivity (Wildman–Crippen MR) is 76.4 cm³/mol. The fraction of sp³-hybridized carbons (Fsp3) is 0.429. The van der Waals surface area contributed by atoms with Gasteiger partial charge in [-0.3, -0.25) is 9.48 Å². The molecule has 0 bridgehead atoms. The molecule has 2 aromatic rings. The lowest BCUT2D eigenvalue weighted by Gasteiger charge is -2.17. The lowest BCUT2D eigenvalue weighted by molar-refractivity contribution is -0.131. The Morgan fingerprint density at radius 1 is 1.32 bits per heavy atom. The lowest BCUT2D eigenvalue weighted by Crippen LogP contribution is -2.33. The first-order valence-corrected chi connectivity index (χ1v) is 7.03. The predicted octanol–water partition coefficient (Wildman–Crippen LogP) is 0.362. The van der Waals surface area contributed by atoms with Crippen LogP contribution in [0.4, 0.5) is 0 Å². The van der Waals surface area contributed by atoms with Crippen molar-refractivity contribution in [2.75, 3.05) is 20.2 Å². The van der Waals surface area contributed by atoms with Crippen molar-refractivity contribution in [3.05, 3.63) is 30.9 Å². The van der Waals surface area contributed by atoms with Gasteiger partial charge in [-0.1, -0.05) is 0 Å². The van der Waals surface area contributed by atoms with Gasteiger partial charge in [-0.05, 0) is 6.07 Å². The van der Waals surface area contributed by atoms with Gasteiger partial charge in [-0.2, -0.15) is 5.10 Å². The van der Waals surface area contributed by atoms with E-state index in [4.69, 9.17) is 9.47 Å². The van der Waals surface area contributed by atoms with Crippen molar-refractivity contribution in [3.63, 3.8) is 0 Å². The van der Waals surface area contributed by atoms with Gasteiger partial charge in [0.05, 0.1) is 13.7 Å². The van der Waals surface area contributed by atoms with E-state index in [-0.39, 0.29) is 18.6 Å². The van der Waals surface area contributed by atoms with E-state index in [2.05, 4.69) is 15.1 Å². The minimum atomic E-state index is -0.104. The van der Waals surface area contributed by atoms with Crippen LogP contribution in [0.1, 0.15) is 6.42 Å². The van der Waals surface area contributed by atoms with Crippen molar-refractivity contribution in [1.29, 1.82) is 0 Å². The zero-order valence-corrected chi connectivity index (χ0v) is 12.3. The summed E-state index contributed by atoms with van der Waals surface area (Å²) in [6.07, 6.45) is 7.17. The van der Waals surface area contributed by atoms with Crippen LogP contribution in [-0.4, -0.2) is 56.9 Å². The third-order valence-electron chi connectivity index (χ3n) is 3.46. The number of carbonyl (C=O) groups excluding carboxylic acids is 1. The van der Waals surface area contributed by atoms with Gasteiger partial charge in [-0.25, -0.2) is 9.97 Å². The molecule has 0 spiro atoms. The minimum Gasteiger partial charge on any atom is -0.477 e. The van der Waals surface area contributed by atoms with E-state index >= 15 is 0 Å². The van der Waals surface area contributed by atoms with E-state index in [0.29, 0.717) is 24.8 Å². The molecule has 0 N–H and O–H groups in total. The topological polar surface area (TPSA) is 82.4 Å². The highest BCUT2D eigenvalue weighted by Gasteiger charge is 2.28. The Kier molecular flexibility index (Phi) is 4.17. The fourth-order valence-electron chi connectivity index (χ4n) is 2.37. The first-order chi connectivity index (χ1) is 10.8. The molecule has 8 heteroatoms. The van der Waals surface area contributed by atoms with Crippen molar-refractivity contribution >= 4 is 5.91 Å². The van der Waals surface area contributed by atoms with E-state index in [1.54, 1.807) is 40.4 Å². The van der Waals surface area contributed by atoms with E-state index in [1.165, 1.54) is 7.11 Å². The number of methoxy groups -OCH3 is 1. The zero-order chi connectivity index (χ0) is 15.4. The molecule has 0 radical (unpaired) electrons. The standard InChI is InChI=1S/C14H17N5O3/c1-21-13-14(16-6-5-15-13)22-11-3-8-18(9-11)12(20)10-19-7-2-4-17-19/h2,4-7,11H,3,8-10H2,1H3/t11-/m1/s1. The Balaban J connectivity index is 1.57. The summed E-state index contributed by atoms with van der Waals surface area (Å²) in [5.74, 6) is 0.737. The maximum absolute atomic E-state index is 12.2. The Labute approximate surface area is 127 Å². The molecule has 1 aliphatic heterocycles. The van der Waals surface area contributed by atoms with Gasteiger partial charge < -0.3 is 14.4 Å². The normalized spacial score (nSPS) is 17.5. The Bertz CT molecular complexity index is 631. The first-order valence-electron chi connectivity index (χ1n) is 7.03. The van der Waals surface area contributed by atoms with E-state index in [0.717, 1.165) is 6.42 Å². The van der Waals surface area contributed by atoms with Gasteiger partial charge in [0, 0.05) is 37.8 Å². The van der Waals surface area contributed by atoms with Crippen LogP contribution < -0.4 is 9.47 Å². The molecule has 0 aliphatic carbocycles. The average molecular weight is 303 g/mol. The number of ether oxygens (including phenoxy) is 2. The molecule has 0 saturated carbocycles. The summed E-state index contributed by atoms with van der Waals surface area (Å²) < 4.78 is 12.5. The smallest absolute Gasteiger partial charge is 0.278 e. The molecule has 1 saturated heterocycles. The second-order valence-electron chi connectivity index (χ2n) is 4.94. The largest absolute Gasteiger partial charge is 0.477 e. The number of hydrogen-bond donors (Lipinski definition) is 0. The summed E-state index contributed by atoms with van der Waals surface area (Å²) >= 11 is 0. The van der Waals surface area contributed by atoms with Gasteiger partial charge in [0.2, 0.25) is 5.91 Å². The molecule has 2 aromatic heterocycles. The van der Waals surface area contributed by atoms with Crippen LogP contribution in [0.15, 0.2) is 30.9 Å². The maximum Gasteiger partial charge on any atom is 0.278 e. The van der Waals surface area contributed by atoms with Crippen LogP contribution in [0.2, 0.25) is 0 Å². The molecule has 3 rings (SSSR count). The summed E-state index contributed by atoms with van der Waals surface area (Å²) in [5, 5.41) is 4.04. The summed E-state index contributed by atoms with van der Waals surface area (Å²) in [6.45, 7) is 1.43. The van der Waals surface area contributed by atoms with Gasteiger partial charge in [-0.15, -0.1) is 0 Å². The van der Waals surface area contributed by atoms with Gasteiger partial charge >= 0.3 is 0 Å². The average Bonchev–Trinajstić information content (AvgIpc) is 3.19. The van der Waals surface area contributed by atoms with Crippen LogP contribution in [-0.2, 0) is 11.3 Å². The van der Waals surface area contributed by atoms with Crippen LogP contribution in [0, 0.1) is 0 Å². The second kappa shape index (κ2) is 6.42. The lowest BCUT2D eigenvalue weighted by atomic mass is 10.3. The SMILES string of the molecule is COc1nccnc1O[C@@H]1CCN(C(=O)Cn2cccn2)C1. The molecule has 0 unspecified atom stereocenters. The number of amides is 1. The third-order valence-corrected chi connectivity index (χ3v) is 3.46. The van der Waals surface area contributed by atoms with Crippen molar-refractivity contribution in [2.45, 2.75) is 19.1 Å². The minimum absolute atomic E-state index is 0.0286. The van der Waals surface area contributed by atoms with E-state index < -0.39 is 0 Å². The van der Waals surface area contributed by atoms with Crippen molar-refractivity contribution in [1.82, 2.24) is 24.6 Å². The van der Waals surface area contributed by atoms with Crippen LogP contribution in [0.25, 0.3) is 0 Å². The first kappa shape index (κ1) is 14.3. The summed E-state index contributed by atoms with van der Waals surface area (Å²) in [7, 11) is 1.52. The molecule has 1 atom stereocenters. The molecule has 22 heavy (non-hydrogen) atoms. The number of aromatic nitrogens is 4.